The van der Waals surface area contributed by atoms with Crippen molar-refractivity contribution in [1.82, 2.24) is 9.96 Å². The van der Waals surface area contributed by atoms with E-state index in [-0.39, 0.29) is 11.1 Å². The molecule has 0 bridgehead atoms. The molecule has 0 N–H and O–H groups in total. The summed E-state index contributed by atoms with van der Waals surface area (Å²) in [5.41, 5.74) is 1.63. The fourth-order valence-corrected chi connectivity index (χ4v) is 2.66. The largest absolute Gasteiger partial charge is 0.364 e. The van der Waals surface area contributed by atoms with E-state index in [4.69, 9.17) is 4.84 Å². The minimum absolute atomic E-state index is 0.237. The van der Waals surface area contributed by atoms with Gasteiger partial charge in [-0.25, -0.2) is 4.79 Å². The maximum Gasteiger partial charge on any atom is 0.364 e. The Morgan fingerprint density at radius 3 is 2.12 bits per heavy atom. The lowest BCUT2D eigenvalue weighted by atomic mass is 10.0. The number of carbonyl (C=O) groups excluding carboxylic acids is 3. The number of hydroxylamine groups is 2. The predicted molar refractivity (Wildman–Crippen MR) is 91.1 cm³/mol. The van der Waals surface area contributed by atoms with Crippen molar-refractivity contribution in [3.8, 4) is 0 Å². The highest BCUT2D eigenvalue weighted by molar-refractivity contribution is 6.21. The van der Waals surface area contributed by atoms with Gasteiger partial charge in [-0.2, -0.15) is 0 Å². The second kappa shape index (κ2) is 6.86. The van der Waals surface area contributed by atoms with Gasteiger partial charge >= 0.3 is 5.97 Å². The van der Waals surface area contributed by atoms with Gasteiger partial charge in [0, 0.05) is 6.54 Å². The van der Waals surface area contributed by atoms with E-state index in [0.29, 0.717) is 17.0 Å². The molecule has 2 amide bonds. The maximum absolute atomic E-state index is 12.5. The molecule has 25 heavy (non-hydrogen) atoms. The monoisotopic (exact) mass is 338 g/mol. The normalized spacial score (nSPS) is 13.3. The molecular weight excluding hydrogens is 320 g/mol. The number of benzene rings is 2. The average Bonchev–Trinajstić information content (AvgIpc) is 2.85. The SMILES string of the molecule is CN(C)CCc1ccccc1C(=O)ON1C(=O)c2ccccc2C1=O. The van der Waals surface area contributed by atoms with E-state index >= 15 is 0 Å². The molecule has 1 heterocycles. The van der Waals surface area contributed by atoms with Gasteiger partial charge in [-0.15, -0.1) is 0 Å². The fourth-order valence-electron chi connectivity index (χ4n) is 2.66. The van der Waals surface area contributed by atoms with Crippen molar-refractivity contribution >= 4 is 17.8 Å². The zero-order valence-electron chi connectivity index (χ0n) is 14.1. The molecule has 3 rings (SSSR count). The van der Waals surface area contributed by atoms with Crippen LogP contribution in [0.4, 0.5) is 0 Å². The number of amides is 2. The quantitative estimate of drug-likeness (QED) is 0.782. The lowest BCUT2D eigenvalue weighted by molar-refractivity contribution is -0.0585. The highest BCUT2D eigenvalue weighted by Gasteiger charge is 2.38. The zero-order chi connectivity index (χ0) is 18.0. The molecule has 0 unspecified atom stereocenters. The van der Waals surface area contributed by atoms with Gasteiger partial charge < -0.3 is 9.74 Å². The minimum atomic E-state index is -0.719. The van der Waals surface area contributed by atoms with Crippen molar-refractivity contribution in [3.05, 3.63) is 70.8 Å². The molecular formula is C19H18N2O4. The summed E-state index contributed by atoms with van der Waals surface area (Å²) in [7, 11) is 3.89. The number of nitrogens with zero attached hydrogens (tertiary/aromatic N) is 2. The number of fused-ring (bicyclic) bond motifs is 1. The van der Waals surface area contributed by atoms with Crippen molar-refractivity contribution < 1.29 is 19.2 Å². The van der Waals surface area contributed by atoms with Crippen molar-refractivity contribution in [3.63, 3.8) is 0 Å². The van der Waals surface area contributed by atoms with E-state index in [2.05, 4.69) is 0 Å². The van der Waals surface area contributed by atoms with Crippen LogP contribution in [0.5, 0.6) is 0 Å². The topological polar surface area (TPSA) is 66.9 Å². The molecule has 0 spiro atoms. The summed E-state index contributed by atoms with van der Waals surface area (Å²) in [6.45, 7) is 0.761. The summed E-state index contributed by atoms with van der Waals surface area (Å²) in [6, 6.07) is 13.4. The van der Waals surface area contributed by atoms with Crippen molar-refractivity contribution in [1.29, 1.82) is 0 Å². The highest BCUT2D eigenvalue weighted by atomic mass is 16.7. The van der Waals surface area contributed by atoms with E-state index < -0.39 is 17.8 Å². The van der Waals surface area contributed by atoms with Gasteiger partial charge in [-0.1, -0.05) is 35.4 Å². The second-order valence-corrected chi connectivity index (χ2v) is 6.04. The van der Waals surface area contributed by atoms with Crippen LogP contribution in [0.1, 0.15) is 36.6 Å². The molecule has 0 aromatic heterocycles. The average molecular weight is 338 g/mol. The molecule has 6 heteroatoms. The number of imide groups is 1. The van der Waals surface area contributed by atoms with E-state index in [1.54, 1.807) is 24.3 Å². The van der Waals surface area contributed by atoms with E-state index in [1.165, 1.54) is 12.1 Å². The Balaban J connectivity index is 1.80. The zero-order valence-corrected chi connectivity index (χ0v) is 14.1. The number of hydrogen-bond acceptors (Lipinski definition) is 5. The van der Waals surface area contributed by atoms with Crippen LogP contribution < -0.4 is 0 Å². The first-order valence-corrected chi connectivity index (χ1v) is 7.92. The van der Waals surface area contributed by atoms with Gasteiger partial charge in [0.2, 0.25) is 0 Å². The van der Waals surface area contributed by atoms with Crippen molar-refractivity contribution in [2.75, 3.05) is 20.6 Å². The lowest BCUT2D eigenvalue weighted by Crippen LogP contribution is -2.33. The third-order valence-corrected chi connectivity index (χ3v) is 4.00. The molecule has 0 atom stereocenters. The van der Waals surface area contributed by atoms with Gasteiger partial charge in [-0.3, -0.25) is 9.59 Å². The summed E-state index contributed by atoms with van der Waals surface area (Å²) in [6.07, 6.45) is 0.653. The molecule has 128 valence electrons. The Kier molecular flexibility index (Phi) is 4.63. The second-order valence-electron chi connectivity index (χ2n) is 6.04. The van der Waals surface area contributed by atoms with Gasteiger partial charge in [0.1, 0.15) is 0 Å². The molecule has 0 saturated heterocycles. The summed E-state index contributed by atoms with van der Waals surface area (Å²) in [5, 5.41) is 0.537. The first-order valence-electron chi connectivity index (χ1n) is 7.92. The van der Waals surface area contributed by atoms with Gasteiger partial charge in [0.05, 0.1) is 16.7 Å². The number of hydrogen-bond donors (Lipinski definition) is 0. The van der Waals surface area contributed by atoms with E-state index in [1.807, 2.05) is 31.1 Å². The molecule has 0 radical (unpaired) electrons. The first kappa shape index (κ1) is 16.9. The molecule has 0 fully saturated rings. The number of carbonyl (C=O) groups is 3. The van der Waals surface area contributed by atoms with E-state index in [9.17, 15) is 14.4 Å². The van der Waals surface area contributed by atoms with E-state index in [0.717, 1.165) is 12.1 Å². The van der Waals surface area contributed by atoms with Crippen LogP contribution in [0.3, 0.4) is 0 Å². The molecule has 6 nitrogen and oxygen atoms in total. The van der Waals surface area contributed by atoms with Crippen LogP contribution in [0.2, 0.25) is 0 Å². The highest BCUT2D eigenvalue weighted by Crippen LogP contribution is 2.23. The lowest BCUT2D eigenvalue weighted by Gasteiger charge is -2.15. The Morgan fingerprint density at radius 1 is 0.960 bits per heavy atom. The first-order chi connectivity index (χ1) is 12.0. The summed E-state index contributed by atoms with van der Waals surface area (Å²) >= 11 is 0. The number of likely N-dealkylation sites (N-methyl/N-ethyl adjacent to an activating group) is 1. The Bertz CT molecular complexity index is 810. The molecule has 0 aliphatic carbocycles. The molecule has 2 aromatic rings. The predicted octanol–water partition coefficient (Wildman–Crippen LogP) is 2.16. The molecule has 2 aromatic carbocycles. The van der Waals surface area contributed by atoms with Crippen LogP contribution in [0.25, 0.3) is 0 Å². The Labute approximate surface area is 145 Å². The molecule has 1 aliphatic rings. The van der Waals surface area contributed by atoms with Crippen LogP contribution >= 0.6 is 0 Å². The van der Waals surface area contributed by atoms with Crippen LogP contribution in [-0.2, 0) is 11.3 Å². The summed E-state index contributed by atoms with van der Waals surface area (Å²) < 4.78 is 0. The Morgan fingerprint density at radius 2 is 1.52 bits per heavy atom. The minimum Gasteiger partial charge on any atom is -0.324 e. The Hall–Kier alpha value is -2.99. The van der Waals surface area contributed by atoms with Gasteiger partial charge in [-0.05, 0) is 44.3 Å². The van der Waals surface area contributed by atoms with Crippen LogP contribution in [-0.4, -0.2) is 48.4 Å². The standard InChI is InChI=1S/C19H18N2O4/c1-20(2)12-11-13-7-3-4-8-14(13)19(24)25-21-17(22)15-9-5-6-10-16(15)18(21)23/h3-10H,11-12H2,1-2H3. The van der Waals surface area contributed by atoms with Crippen LogP contribution in [0, 0.1) is 0 Å². The third-order valence-electron chi connectivity index (χ3n) is 4.00. The summed E-state index contributed by atoms with van der Waals surface area (Å²) in [4.78, 5) is 44.3. The van der Waals surface area contributed by atoms with Gasteiger partial charge in [0.15, 0.2) is 0 Å². The third kappa shape index (κ3) is 3.29. The van der Waals surface area contributed by atoms with Crippen LogP contribution in [0.15, 0.2) is 48.5 Å². The smallest absolute Gasteiger partial charge is 0.324 e. The summed E-state index contributed by atoms with van der Waals surface area (Å²) in [5.74, 6) is -1.97. The van der Waals surface area contributed by atoms with Gasteiger partial charge in [0.25, 0.3) is 11.8 Å². The maximum atomic E-state index is 12.5. The molecule has 0 saturated carbocycles. The number of rotatable bonds is 5. The van der Waals surface area contributed by atoms with Crippen molar-refractivity contribution in [2.45, 2.75) is 6.42 Å². The van der Waals surface area contributed by atoms with Crippen molar-refractivity contribution in [2.24, 2.45) is 0 Å². The molecule has 1 aliphatic heterocycles. The fraction of sp³-hybridized carbons (Fsp3) is 0.211.